The van der Waals surface area contributed by atoms with E-state index in [1.54, 1.807) is 0 Å². The summed E-state index contributed by atoms with van der Waals surface area (Å²) in [6, 6.07) is 6.12. The summed E-state index contributed by atoms with van der Waals surface area (Å²) in [6.07, 6.45) is 4.17. The zero-order valence-corrected chi connectivity index (χ0v) is 21.7. The molecule has 4 heterocycles. The Labute approximate surface area is 208 Å². The van der Waals surface area contributed by atoms with Crippen molar-refractivity contribution >= 4 is 5.91 Å². The van der Waals surface area contributed by atoms with Gasteiger partial charge in [-0.3, -0.25) is 4.79 Å². The van der Waals surface area contributed by atoms with E-state index in [9.17, 15) is 4.79 Å². The zero-order chi connectivity index (χ0) is 24.8. The second kappa shape index (κ2) is 9.16. The molecule has 5 rings (SSSR count). The number of nitrogens with zero attached hydrogens (tertiary/aromatic N) is 2. The second-order valence-electron chi connectivity index (χ2n) is 11.0. The summed E-state index contributed by atoms with van der Waals surface area (Å²) in [5.74, 6) is 2.91. The van der Waals surface area contributed by atoms with Crippen LogP contribution in [0.5, 0.6) is 11.5 Å². The van der Waals surface area contributed by atoms with Crippen molar-refractivity contribution in [2.75, 3.05) is 26.3 Å². The minimum Gasteiger partial charge on any atom is -0.490 e. The van der Waals surface area contributed by atoms with Gasteiger partial charge in [-0.15, -0.1) is 0 Å². The molecular weight excluding hydrogens is 444 g/mol. The molecule has 190 valence electrons. The molecule has 0 radical (unpaired) electrons. The smallest absolute Gasteiger partial charge is 0.222 e. The molecular formula is C28H38N2O5. The number of hydrogen-bond acceptors (Lipinski definition) is 6. The highest BCUT2D eigenvalue weighted by Gasteiger charge is 2.53. The lowest BCUT2D eigenvalue weighted by atomic mass is 9.64. The van der Waals surface area contributed by atoms with Crippen LogP contribution in [0.15, 0.2) is 22.7 Å². The molecule has 2 fully saturated rings. The highest BCUT2D eigenvalue weighted by atomic mass is 16.5. The average Bonchev–Trinajstić information content (AvgIpc) is 3.16. The van der Waals surface area contributed by atoms with Gasteiger partial charge in [0.15, 0.2) is 11.5 Å². The Balaban J connectivity index is 1.24. The maximum absolute atomic E-state index is 13.0. The number of rotatable bonds is 5. The van der Waals surface area contributed by atoms with Gasteiger partial charge >= 0.3 is 0 Å². The highest BCUT2D eigenvalue weighted by Crippen LogP contribution is 2.57. The van der Waals surface area contributed by atoms with Gasteiger partial charge in [0.1, 0.15) is 11.4 Å². The Morgan fingerprint density at radius 1 is 1.23 bits per heavy atom. The molecule has 0 saturated carbocycles. The van der Waals surface area contributed by atoms with E-state index in [0.717, 1.165) is 73.0 Å². The van der Waals surface area contributed by atoms with Crippen LogP contribution < -0.4 is 9.47 Å². The number of piperidine rings is 1. The molecule has 3 aliphatic rings. The number of ether oxygens (including phenoxy) is 3. The Kier molecular flexibility index (Phi) is 6.32. The standard InChI is InChI=1S/C28H38N2O5/c1-6-32-23-9-7-8-21-25-22(27(4,5)34-26(21)23)16-28(17-33-25)12-14-30(15-13-28)24(31)11-10-20-18(2)29-35-19(20)3/h7-9,22,25H,6,10-17H2,1-5H3/t22-,25+/m0/s1. The number of carbonyl (C=O) groups is 1. The van der Waals surface area contributed by atoms with E-state index in [1.165, 1.54) is 0 Å². The van der Waals surface area contributed by atoms with Crippen molar-refractivity contribution in [3.63, 3.8) is 0 Å². The van der Waals surface area contributed by atoms with Crippen molar-refractivity contribution in [3.8, 4) is 11.5 Å². The van der Waals surface area contributed by atoms with Gasteiger partial charge in [-0.25, -0.2) is 0 Å². The van der Waals surface area contributed by atoms with Crippen LogP contribution in [0.4, 0.5) is 0 Å². The molecule has 1 amide bonds. The summed E-state index contributed by atoms with van der Waals surface area (Å²) in [4.78, 5) is 15.0. The summed E-state index contributed by atoms with van der Waals surface area (Å²) >= 11 is 0. The first-order valence-electron chi connectivity index (χ1n) is 13.0. The number of aromatic nitrogens is 1. The second-order valence-corrected chi connectivity index (χ2v) is 11.0. The van der Waals surface area contributed by atoms with Crippen LogP contribution in [0.2, 0.25) is 0 Å². The predicted octanol–water partition coefficient (Wildman–Crippen LogP) is 5.18. The Morgan fingerprint density at radius 2 is 2.00 bits per heavy atom. The molecule has 3 aliphatic heterocycles. The van der Waals surface area contributed by atoms with Crippen molar-refractivity contribution in [2.45, 2.75) is 78.4 Å². The minimum absolute atomic E-state index is 0.00879. The third-order valence-electron chi connectivity index (χ3n) is 8.41. The van der Waals surface area contributed by atoms with E-state index < -0.39 is 0 Å². The van der Waals surface area contributed by atoms with Gasteiger partial charge in [-0.2, -0.15) is 0 Å². The summed E-state index contributed by atoms with van der Waals surface area (Å²) in [5.41, 5.74) is 2.77. The normalized spacial score (nSPS) is 24.4. The molecule has 2 aromatic rings. The Bertz CT molecular complexity index is 1060. The van der Waals surface area contributed by atoms with Crippen LogP contribution in [0.3, 0.4) is 0 Å². The lowest BCUT2D eigenvalue weighted by Crippen LogP contribution is -2.54. The number of para-hydroxylation sites is 1. The maximum atomic E-state index is 13.0. The van der Waals surface area contributed by atoms with Gasteiger partial charge < -0.3 is 23.6 Å². The first-order valence-corrected chi connectivity index (χ1v) is 13.0. The monoisotopic (exact) mass is 482 g/mol. The van der Waals surface area contributed by atoms with Crippen molar-refractivity contribution in [3.05, 3.63) is 40.8 Å². The SMILES string of the molecule is CCOc1cccc2c1OC(C)(C)[C@H]1CC3(CCN(C(=O)CCc4c(C)noc4C)CC3)CO[C@H]21. The van der Waals surface area contributed by atoms with E-state index in [-0.39, 0.29) is 28.9 Å². The third kappa shape index (κ3) is 4.44. The van der Waals surface area contributed by atoms with Crippen LogP contribution in [0.25, 0.3) is 0 Å². The number of fused-ring (bicyclic) bond motifs is 3. The van der Waals surface area contributed by atoms with Crippen molar-refractivity contribution in [1.82, 2.24) is 10.1 Å². The molecule has 2 atom stereocenters. The molecule has 1 aromatic heterocycles. The van der Waals surface area contributed by atoms with Crippen LogP contribution in [0, 0.1) is 25.2 Å². The molecule has 1 aromatic carbocycles. The van der Waals surface area contributed by atoms with E-state index in [0.29, 0.717) is 19.4 Å². The number of hydrogen-bond donors (Lipinski definition) is 0. The van der Waals surface area contributed by atoms with Gasteiger partial charge in [0.05, 0.1) is 25.0 Å². The molecule has 35 heavy (non-hydrogen) atoms. The predicted molar refractivity (Wildman–Crippen MR) is 132 cm³/mol. The van der Waals surface area contributed by atoms with Gasteiger partial charge in [0, 0.05) is 36.6 Å². The maximum Gasteiger partial charge on any atom is 0.222 e. The molecule has 1 spiro atoms. The summed E-state index contributed by atoms with van der Waals surface area (Å²) in [5, 5.41) is 4.01. The number of amides is 1. The molecule has 2 saturated heterocycles. The molecule has 0 aliphatic carbocycles. The lowest BCUT2D eigenvalue weighted by Gasteiger charge is -2.54. The van der Waals surface area contributed by atoms with Crippen LogP contribution >= 0.6 is 0 Å². The number of benzene rings is 1. The van der Waals surface area contributed by atoms with Crippen LogP contribution in [-0.2, 0) is 16.0 Å². The molecule has 0 bridgehead atoms. The van der Waals surface area contributed by atoms with E-state index in [2.05, 4.69) is 25.1 Å². The third-order valence-corrected chi connectivity index (χ3v) is 8.41. The van der Waals surface area contributed by atoms with Gasteiger partial charge in [-0.05, 0) is 71.8 Å². The van der Waals surface area contributed by atoms with Gasteiger partial charge in [0.2, 0.25) is 5.91 Å². The fraction of sp³-hybridized carbons (Fsp3) is 0.643. The largest absolute Gasteiger partial charge is 0.490 e. The Hall–Kier alpha value is -2.54. The quantitative estimate of drug-likeness (QED) is 0.585. The number of likely N-dealkylation sites (tertiary alicyclic amines) is 1. The van der Waals surface area contributed by atoms with Crippen LogP contribution in [0.1, 0.15) is 75.1 Å². The van der Waals surface area contributed by atoms with Gasteiger partial charge in [0.25, 0.3) is 0 Å². The fourth-order valence-corrected chi connectivity index (χ4v) is 6.23. The summed E-state index contributed by atoms with van der Waals surface area (Å²) in [7, 11) is 0. The highest BCUT2D eigenvalue weighted by molar-refractivity contribution is 5.76. The average molecular weight is 483 g/mol. The molecule has 0 unspecified atom stereocenters. The molecule has 0 N–H and O–H groups in total. The minimum atomic E-state index is -0.362. The first kappa shape index (κ1) is 24.2. The van der Waals surface area contributed by atoms with Crippen molar-refractivity contribution in [1.29, 1.82) is 0 Å². The van der Waals surface area contributed by atoms with E-state index >= 15 is 0 Å². The molecule has 7 nitrogen and oxygen atoms in total. The van der Waals surface area contributed by atoms with Crippen molar-refractivity contribution in [2.24, 2.45) is 11.3 Å². The lowest BCUT2D eigenvalue weighted by molar-refractivity contribution is -0.176. The molecule has 7 heteroatoms. The summed E-state index contributed by atoms with van der Waals surface area (Å²) < 4.78 is 24.3. The summed E-state index contributed by atoms with van der Waals surface area (Å²) in [6.45, 7) is 13.1. The number of aryl methyl sites for hydroxylation is 2. The fourth-order valence-electron chi connectivity index (χ4n) is 6.23. The van der Waals surface area contributed by atoms with Crippen LogP contribution in [-0.4, -0.2) is 47.9 Å². The first-order chi connectivity index (χ1) is 16.7. The van der Waals surface area contributed by atoms with Crippen molar-refractivity contribution < 1.29 is 23.5 Å². The zero-order valence-electron chi connectivity index (χ0n) is 21.7. The Morgan fingerprint density at radius 3 is 2.69 bits per heavy atom. The van der Waals surface area contributed by atoms with E-state index in [4.69, 9.17) is 18.7 Å². The number of carbonyl (C=O) groups excluding carboxylic acids is 1. The topological polar surface area (TPSA) is 74.0 Å². The van der Waals surface area contributed by atoms with E-state index in [1.807, 2.05) is 37.8 Å². The van der Waals surface area contributed by atoms with Gasteiger partial charge in [-0.1, -0.05) is 17.3 Å².